The summed E-state index contributed by atoms with van der Waals surface area (Å²) in [4.78, 5) is 35.5. The zero-order valence-corrected chi connectivity index (χ0v) is 11.1. The van der Waals surface area contributed by atoms with Crippen molar-refractivity contribution in [1.82, 2.24) is 4.90 Å². The van der Waals surface area contributed by atoms with Gasteiger partial charge >= 0.3 is 0 Å². The van der Waals surface area contributed by atoms with E-state index in [-0.39, 0.29) is 11.8 Å². The predicted octanol–water partition coefficient (Wildman–Crippen LogP) is -0.0730. The Hall–Kier alpha value is -2.57. The smallest absolute Gasteiger partial charge is 0.251 e. The van der Waals surface area contributed by atoms with Crippen molar-refractivity contribution in [2.24, 2.45) is 5.73 Å². The van der Waals surface area contributed by atoms with Gasteiger partial charge in [-0.3, -0.25) is 19.3 Å². The van der Waals surface area contributed by atoms with Gasteiger partial charge in [-0.2, -0.15) is 0 Å². The third kappa shape index (κ3) is 2.56. The Morgan fingerprint density at radius 3 is 2.70 bits per heavy atom. The molecule has 1 aliphatic rings. The average Bonchev–Trinajstić information content (AvgIpc) is 2.41. The number of nitrogens with zero attached hydrogens (tertiary/aromatic N) is 1. The molecule has 3 amide bonds. The van der Waals surface area contributed by atoms with E-state index >= 15 is 0 Å². The van der Waals surface area contributed by atoms with Gasteiger partial charge in [0, 0.05) is 19.0 Å². The summed E-state index contributed by atoms with van der Waals surface area (Å²) >= 11 is 0. The minimum Gasteiger partial charge on any atom is -0.397 e. The highest BCUT2D eigenvalue weighted by Crippen LogP contribution is 2.23. The first-order valence-corrected chi connectivity index (χ1v) is 6.16. The van der Waals surface area contributed by atoms with Gasteiger partial charge in [0.15, 0.2) is 0 Å². The fraction of sp³-hybridized carbons (Fsp3) is 0.308. The summed E-state index contributed by atoms with van der Waals surface area (Å²) in [7, 11) is 1.46. The van der Waals surface area contributed by atoms with Crippen LogP contribution in [0, 0.1) is 0 Å². The summed E-state index contributed by atoms with van der Waals surface area (Å²) in [6, 6.07) is 4.08. The van der Waals surface area contributed by atoms with Crippen molar-refractivity contribution in [3.63, 3.8) is 0 Å². The molecule has 0 saturated carbocycles. The number of nitrogens with two attached hydrogens (primary N) is 2. The molecule has 1 saturated heterocycles. The van der Waals surface area contributed by atoms with Crippen molar-refractivity contribution in [2.75, 3.05) is 18.1 Å². The number of nitrogens with one attached hydrogen (secondary N) is 1. The molecule has 5 N–H and O–H groups in total. The van der Waals surface area contributed by atoms with Gasteiger partial charge in [0.25, 0.3) is 5.91 Å². The van der Waals surface area contributed by atoms with Crippen LogP contribution in [0.15, 0.2) is 18.2 Å². The maximum atomic E-state index is 12.0. The summed E-state index contributed by atoms with van der Waals surface area (Å²) in [5.74, 6) is -1.05. The zero-order valence-electron chi connectivity index (χ0n) is 11.1. The highest BCUT2D eigenvalue weighted by atomic mass is 16.2. The van der Waals surface area contributed by atoms with Crippen molar-refractivity contribution in [2.45, 2.75) is 18.9 Å². The number of likely N-dealkylation sites (tertiary alicyclic amines) is 1. The van der Waals surface area contributed by atoms with Gasteiger partial charge in [0.1, 0.15) is 6.04 Å². The van der Waals surface area contributed by atoms with Crippen LogP contribution in [0.5, 0.6) is 0 Å². The van der Waals surface area contributed by atoms with Gasteiger partial charge < -0.3 is 16.8 Å². The van der Waals surface area contributed by atoms with Crippen LogP contribution >= 0.6 is 0 Å². The Balaban J connectivity index is 2.16. The second-order valence-corrected chi connectivity index (χ2v) is 4.69. The number of benzene rings is 1. The number of hydrogen-bond donors (Lipinski definition) is 3. The fourth-order valence-corrected chi connectivity index (χ4v) is 2.08. The van der Waals surface area contributed by atoms with Crippen LogP contribution in [0.25, 0.3) is 0 Å². The maximum Gasteiger partial charge on any atom is 0.251 e. The van der Waals surface area contributed by atoms with Gasteiger partial charge in [0.2, 0.25) is 11.8 Å². The third-order valence-electron chi connectivity index (χ3n) is 3.32. The van der Waals surface area contributed by atoms with Gasteiger partial charge in [0.05, 0.1) is 11.4 Å². The van der Waals surface area contributed by atoms with Crippen LogP contribution in [-0.4, -0.2) is 35.7 Å². The van der Waals surface area contributed by atoms with E-state index in [0.29, 0.717) is 29.8 Å². The van der Waals surface area contributed by atoms with E-state index in [2.05, 4.69) is 5.32 Å². The Bertz CT molecular complexity index is 585. The second kappa shape index (κ2) is 5.20. The molecule has 0 bridgehead atoms. The summed E-state index contributed by atoms with van der Waals surface area (Å²) in [5, 5.41) is 3.00. The number of imide groups is 1. The lowest BCUT2D eigenvalue weighted by molar-refractivity contribution is -0.146. The van der Waals surface area contributed by atoms with Crippen molar-refractivity contribution < 1.29 is 14.4 Å². The number of carbonyl (C=O) groups is 3. The van der Waals surface area contributed by atoms with Gasteiger partial charge in [-0.15, -0.1) is 0 Å². The molecule has 20 heavy (non-hydrogen) atoms. The number of anilines is 2. The number of carbonyl (C=O) groups excluding carboxylic acids is 3. The highest BCUT2D eigenvalue weighted by molar-refractivity contribution is 6.01. The number of rotatable bonds is 3. The molecule has 1 aromatic carbocycles. The van der Waals surface area contributed by atoms with E-state index in [9.17, 15) is 14.4 Å². The molecular weight excluding hydrogens is 260 g/mol. The van der Waals surface area contributed by atoms with Crippen LogP contribution in [0.4, 0.5) is 11.4 Å². The molecule has 7 nitrogen and oxygen atoms in total. The molecular formula is C13H16N4O3. The summed E-state index contributed by atoms with van der Waals surface area (Å²) < 4.78 is 0. The summed E-state index contributed by atoms with van der Waals surface area (Å²) in [6.45, 7) is 0. The van der Waals surface area contributed by atoms with Gasteiger partial charge in [-0.25, -0.2) is 0 Å². The Kier molecular flexibility index (Phi) is 3.60. The topological polar surface area (TPSA) is 119 Å². The third-order valence-corrected chi connectivity index (χ3v) is 3.32. The average molecular weight is 276 g/mol. The molecule has 1 aromatic rings. The van der Waals surface area contributed by atoms with Crippen LogP contribution in [0.1, 0.15) is 23.2 Å². The van der Waals surface area contributed by atoms with E-state index in [1.54, 1.807) is 6.07 Å². The second-order valence-electron chi connectivity index (χ2n) is 4.69. The normalized spacial score (nSPS) is 19.1. The lowest BCUT2D eigenvalue weighted by Gasteiger charge is -2.29. The molecule has 1 fully saturated rings. The first kappa shape index (κ1) is 13.9. The molecule has 1 atom stereocenters. The lowest BCUT2D eigenvalue weighted by Crippen LogP contribution is -2.48. The molecule has 1 unspecified atom stereocenters. The Labute approximate surface area is 115 Å². The number of piperidine rings is 1. The molecule has 1 heterocycles. The molecule has 7 heteroatoms. The summed E-state index contributed by atoms with van der Waals surface area (Å²) in [6.07, 6.45) is 0.720. The molecule has 1 aliphatic heterocycles. The number of likely N-dealkylation sites (N-methyl/N-ethyl adjacent to an activating group) is 1. The predicted molar refractivity (Wildman–Crippen MR) is 73.8 cm³/mol. The Morgan fingerprint density at radius 2 is 2.10 bits per heavy atom. The summed E-state index contributed by atoms with van der Waals surface area (Å²) in [5.41, 5.74) is 12.1. The number of hydrogen-bond acceptors (Lipinski definition) is 5. The SMILES string of the molecule is CN1C(=O)CCC(Nc2ccc(C(N)=O)cc2N)C1=O. The van der Waals surface area contributed by atoms with E-state index in [1.807, 2.05) is 0 Å². The van der Waals surface area contributed by atoms with Crippen molar-refractivity contribution >= 4 is 29.1 Å². The molecule has 0 spiro atoms. The van der Waals surface area contributed by atoms with Crippen LogP contribution in [-0.2, 0) is 9.59 Å². The van der Waals surface area contributed by atoms with E-state index in [1.165, 1.54) is 19.2 Å². The first-order valence-electron chi connectivity index (χ1n) is 6.16. The molecule has 0 aliphatic carbocycles. The number of nitrogen functional groups attached to an aromatic ring is 1. The standard InChI is InChI=1S/C13H16N4O3/c1-17-11(18)5-4-10(13(17)20)16-9-3-2-7(12(15)19)6-8(9)14/h2-3,6,10,16H,4-5,14H2,1H3,(H2,15,19). The largest absolute Gasteiger partial charge is 0.397 e. The van der Waals surface area contributed by atoms with Crippen LogP contribution in [0.2, 0.25) is 0 Å². The number of amides is 3. The molecule has 106 valence electrons. The zero-order chi connectivity index (χ0) is 14.9. The Morgan fingerprint density at radius 1 is 1.40 bits per heavy atom. The van der Waals surface area contributed by atoms with Crippen LogP contribution in [0.3, 0.4) is 0 Å². The van der Waals surface area contributed by atoms with E-state index in [4.69, 9.17) is 11.5 Å². The molecule has 2 rings (SSSR count). The number of primary amides is 1. The lowest BCUT2D eigenvalue weighted by atomic mass is 10.0. The van der Waals surface area contributed by atoms with Crippen molar-refractivity contribution in [1.29, 1.82) is 0 Å². The van der Waals surface area contributed by atoms with Gasteiger partial charge in [-0.05, 0) is 24.6 Å². The minimum absolute atomic E-state index is 0.190. The van der Waals surface area contributed by atoms with Gasteiger partial charge in [-0.1, -0.05) is 0 Å². The quantitative estimate of drug-likeness (QED) is 0.527. The minimum atomic E-state index is -0.567. The van der Waals surface area contributed by atoms with Crippen molar-refractivity contribution in [3.8, 4) is 0 Å². The fourth-order valence-electron chi connectivity index (χ4n) is 2.08. The first-order chi connectivity index (χ1) is 9.40. The van der Waals surface area contributed by atoms with E-state index < -0.39 is 11.9 Å². The maximum absolute atomic E-state index is 12.0. The van der Waals surface area contributed by atoms with E-state index in [0.717, 1.165) is 4.90 Å². The highest BCUT2D eigenvalue weighted by Gasteiger charge is 2.31. The monoisotopic (exact) mass is 276 g/mol. The van der Waals surface area contributed by atoms with Crippen molar-refractivity contribution in [3.05, 3.63) is 23.8 Å². The van der Waals surface area contributed by atoms with Crippen LogP contribution < -0.4 is 16.8 Å². The molecule has 0 radical (unpaired) electrons. The molecule has 0 aromatic heterocycles.